The molecule has 1 N–H and O–H groups in total. The van der Waals surface area contributed by atoms with Crippen molar-refractivity contribution in [2.75, 3.05) is 13.7 Å². The first-order valence-corrected chi connectivity index (χ1v) is 8.43. The van der Waals surface area contributed by atoms with Gasteiger partial charge in [-0.25, -0.2) is 0 Å². The van der Waals surface area contributed by atoms with Crippen molar-refractivity contribution in [2.45, 2.75) is 26.1 Å². The second kappa shape index (κ2) is 8.44. The molecule has 0 unspecified atom stereocenters. The molecule has 0 saturated heterocycles. The lowest BCUT2D eigenvalue weighted by atomic mass is 10.1. The Morgan fingerprint density at radius 1 is 1.35 bits per heavy atom. The molecule has 26 heavy (non-hydrogen) atoms. The summed E-state index contributed by atoms with van der Waals surface area (Å²) >= 11 is 0. The number of aromatic nitrogens is 2. The number of methoxy groups -OCH3 is 1. The lowest BCUT2D eigenvalue weighted by Gasteiger charge is -2.12. The molecule has 0 aliphatic carbocycles. The zero-order valence-electron chi connectivity index (χ0n) is 14.8. The zero-order chi connectivity index (χ0) is 18.4. The molecule has 2 aromatic heterocycles. The third-order valence-corrected chi connectivity index (χ3v) is 4.08. The molecule has 0 spiro atoms. The average Bonchev–Trinajstić information content (AvgIpc) is 3.16. The monoisotopic (exact) mass is 355 g/mol. The number of nitrogens with one attached hydrogen (secondary N) is 1. The van der Waals surface area contributed by atoms with Gasteiger partial charge in [-0.2, -0.15) is 0 Å². The van der Waals surface area contributed by atoms with E-state index in [0.29, 0.717) is 12.3 Å². The number of ether oxygens (including phenoxy) is 2. The number of hydrogen-bond donors (Lipinski definition) is 1. The zero-order valence-corrected chi connectivity index (χ0v) is 14.8. The number of amides is 1. The Balaban J connectivity index is 1.61. The molecular weight excluding hydrogens is 334 g/mol. The summed E-state index contributed by atoms with van der Waals surface area (Å²) in [5.74, 6) is 0.893. The van der Waals surface area contributed by atoms with Gasteiger partial charge in [0.2, 0.25) is 0 Å². The van der Waals surface area contributed by atoms with E-state index in [1.807, 2.05) is 31.2 Å². The van der Waals surface area contributed by atoms with E-state index in [0.717, 1.165) is 22.9 Å². The lowest BCUT2D eigenvalue weighted by molar-refractivity contribution is 0.0809. The Morgan fingerprint density at radius 2 is 2.23 bits per heavy atom. The van der Waals surface area contributed by atoms with Crippen LogP contribution in [0.2, 0.25) is 0 Å². The highest BCUT2D eigenvalue weighted by atomic mass is 16.5. The summed E-state index contributed by atoms with van der Waals surface area (Å²) in [6.45, 7) is 2.60. The van der Waals surface area contributed by atoms with Crippen LogP contribution < -0.4 is 10.1 Å². The Labute approximate surface area is 151 Å². The number of pyridine rings is 1. The van der Waals surface area contributed by atoms with E-state index in [-0.39, 0.29) is 24.3 Å². The number of carbonyl (C=O) groups is 1. The van der Waals surface area contributed by atoms with Gasteiger partial charge in [-0.05, 0) is 18.6 Å². The number of benzene rings is 1. The van der Waals surface area contributed by atoms with Crippen LogP contribution in [0.5, 0.6) is 5.75 Å². The third-order valence-electron chi connectivity index (χ3n) is 4.08. The summed E-state index contributed by atoms with van der Waals surface area (Å²) in [6.07, 6.45) is 4.29. The normalized spacial score (nSPS) is 12.1. The van der Waals surface area contributed by atoms with Gasteiger partial charge in [-0.15, -0.1) is 0 Å². The van der Waals surface area contributed by atoms with E-state index in [1.165, 1.54) is 0 Å². The van der Waals surface area contributed by atoms with Gasteiger partial charge in [-0.1, -0.05) is 24.2 Å². The van der Waals surface area contributed by atoms with E-state index in [9.17, 15) is 4.79 Å². The van der Waals surface area contributed by atoms with E-state index in [2.05, 4.69) is 15.5 Å². The molecule has 1 amide bonds. The van der Waals surface area contributed by atoms with Crippen molar-refractivity contribution >= 4 is 16.7 Å². The molecule has 0 aliphatic rings. The lowest BCUT2D eigenvalue weighted by Crippen LogP contribution is -2.32. The molecule has 1 aromatic carbocycles. The van der Waals surface area contributed by atoms with Crippen molar-refractivity contribution in [2.24, 2.45) is 0 Å². The molecule has 7 heteroatoms. The molecule has 0 fully saturated rings. The standard InChI is InChI=1S/C19H21N3O4/c1-3-14(24-2)11-21-19(23)17-9-15(26-22-17)12-25-18-6-4-5-13-10-20-8-7-16(13)18/h4-10,14H,3,11-12H2,1-2H3,(H,21,23)/t14-/m0/s1. The first-order valence-electron chi connectivity index (χ1n) is 8.43. The van der Waals surface area contributed by atoms with E-state index in [4.69, 9.17) is 14.0 Å². The van der Waals surface area contributed by atoms with E-state index < -0.39 is 0 Å². The summed E-state index contributed by atoms with van der Waals surface area (Å²) in [4.78, 5) is 16.2. The van der Waals surface area contributed by atoms with Crippen LogP contribution in [0.25, 0.3) is 10.8 Å². The minimum Gasteiger partial charge on any atom is -0.485 e. The maximum Gasteiger partial charge on any atom is 0.273 e. The summed E-state index contributed by atoms with van der Waals surface area (Å²) in [7, 11) is 1.62. The van der Waals surface area contributed by atoms with E-state index in [1.54, 1.807) is 25.6 Å². The highest BCUT2D eigenvalue weighted by Gasteiger charge is 2.15. The predicted molar refractivity (Wildman–Crippen MR) is 96.0 cm³/mol. The van der Waals surface area contributed by atoms with Gasteiger partial charge in [0.05, 0.1) is 6.10 Å². The topological polar surface area (TPSA) is 86.5 Å². The van der Waals surface area contributed by atoms with Gasteiger partial charge in [-0.3, -0.25) is 9.78 Å². The van der Waals surface area contributed by atoms with Crippen LogP contribution in [-0.4, -0.2) is 35.8 Å². The number of carbonyl (C=O) groups excluding carboxylic acids is 1. The van der Waals surface area contributed by atoms with Crippen LogP contribution in [0.15, 0.2) is 47.2 Å². The molecule has 0 bridgehead atoms. The fourth-order valence-electron chi connectivity index (χ4n) is 2.55. The van der Waals surface area contributed by atoms with Gasteiger partial charge < -0.3 is 19.3 Å². The molecule has 1 atom stereocenters. The molecule has 3 aromatic rings. The fraction of sp³-hybridized carbons (Fsp3) is 0.316. The van der Waals surface area contributed by atoms with Gasteiger partial charge >= 0.3 is 0 Å². The molecule has 136 valence electrons. The second-order valence-corrected chi connectivity index (χ2v) is 5.80. The van der Waals surface area contributed by atoms with E-state index >= 15 is 0 Å². The predicted octanol–water partition coefficient (Wildman–Crippen LogP) is 2.96. The number of rotatable bonds is 8. The van der Waals surface area contributed by atoms with Gasteiger partial charge in [0.15, 0.2) is 11.5 Å². The quantitative estimate of drug-likeness (QED) is 0.668. The van der Waals surface area contributed by atoms with Gasteiger partial charge in [0.1, 0.15) is 12.4 Å². The van der Waals surface area contributed by atoms with Crippen LogP contribution in [0.1, 0.15) is 29.6 Å². The van der Waals surface area contributed by atoms with Crippen LogP contribution in [0.3, 0.4) is 0 Å². The first-order chi connectivity index (χ1) is 12.7. The SMILES string of the molecule is CC[C@@H](CNC(=O)c1cc(COc2cccc3cnccc23)on1)OC. The van der Waals surface area contributed by atoms with Crippen molar-refractivity contribution in [3.05, 3.63) is 54.2 Å². The Kier molecular flexibility index (Phi) is 5.80. The van der Waals surface area contributed by atoms with Crippen molar-refractivity contribution in [3.63, 3.8) is 0 Å². The minimum atomic E-state index is -0.299. The van der Waals surface area contributed by atoms with Crippen LogP contribution >= 0.6 is 0 Å². The van der Waals surface area contributed by atoms with Gasteiger partial charge in [0.25, 0.3) is 5.91 Å². The highest BCUT2D eigenvalue weighted by Crippen LogP contribution is 2.25. The summed E-state index contributed by atoms with van der Waals surface area (Å²) in [5.41, 5.74) is 0.219. The van der Waals surface area contributed by atoms with Crippen molar-refractivity contribution in [3.8, 4) is 5.75 Å². The smallest absolute Gasteiger partial charge is 0.273 e. The summed E-state index contributed by atoms with van der Waals surface area (Å²) < 4.78 is 16.2. The Morgan fingerprint density at radius 3 is 3.04 bits per heavy atom. The average molecular weight is 355 g/mol. The molecule has 0 saturated carbocycles. The van der Waals surface area contributed by atoms with Crippen molar-refractivity contribution in [1.29, 1.82) is 0 Å². The van der Waals surface area contributed by atoms with Crippen LogP contribution in [0.4, 0.5) is 0 Å². The molecular formula is C19H21N3O4. The van der Waals surface area contributed by atoms with Crippen LogP contribution in [0, 0.1) is 0 Å². The maximum absolute atomic E-state index is 12.1. The molecule has 0 radical (unpaired) electrons. The first kappa shape index (κ1) is 17.9. The number of hydrogen-bond acceptors (Lipinski definition) is 6. The Hall–Kier alpha value is -2.93. The molecule has 0 aliphatic heterocycles. The summed E-state index contributed by atoms with van der Waals surface area (Å²) in [5, 5.41) is 8.54. The molecule has 2 heterocycles. The van der Waals surface area contributed by atoms with Crippen molar-refractivity contribution in [1.82, 2.24) is 15.5 Å². The fourth-order valence-corrected chi connectivity index (χ4v) is 2.55. The second-order valence-electron chi connectivity index (χ2n) is 5.80. The Bertz CT molecular complexity index is 869. The van der Waals surface area contributed by atoms with Crippen LogP contribution in [-0.2, 0) is 11.3 Å². The largest absolute Gasteiger partial charge is 0.485 e. The molecule has 7 nitrogen and oxygen atoms in total. The number of fused-ring (bicyclic) bond motifs is 1. The van der Waals surface area contributed by atoms with Gasteiger partial charge in [0, 0.05) is 42.9 Å². The third kappa shape index (κ3) is 4.18. The highest BCUT2D eigenvalue weighted by molar-refractivity contribution is 5.92. The maximum atomic E-state index is 12.1. The van der Waals surface area contributed by atoms with Crippen molar-refractivity contribution < 1.29 is 18.8 Å². The minimum absolute atomic E-state index is 0.0190. The number of nitrogens with zero attached hydrogens (tertiary/aromatic N) is 2. The molecule has 3 rings (SSSR count). The summed E-state index contributed by atoms with van der Waals surface area (Å²) in [6, 6.07) is 9.22.